The second kappa shape index (κ2) is 7.50. The number of rotatable bonds is 5. The molecule has 1 aromatic rings. The van der Waals surface area contributed by atoms with Crippen molar-refractivity contribution < 1.29 is 14.7 Å². The second-order valence-corrected chi connectivity index (χ2v) is 4.90. The lowest BCUT2D eigenvalue weighted by molar-refractivity contribution is -0.137. The van der Waals surface area contributed by atoms with E-state index in [9.17, 15) is 9.59 Å². The fourth-order valence-electron chi connectivity index (χ4n) is 1.92. The highest BCUT2D eigenvalue weighted by Gasteiger charge is 2.21. The normalized spacial score (nSPS) is 11.3. The summed E-state index contributed by atoms with van der Waals surface area (Å²) in [6.45, 7) is 3.75. The molecule has 2 N–H and O–H groups in total. The third-order valence-corrected chi connectivity index (χ3v) is 3.18. The van der Waals surface area contributed by atoms with E-state index in [2.05, 4.69) is 5.32 Å². The van der Waals surface area contributed by atoms with Gasteiger partial charge in [0.2, 0.25) is 0 Å². The predicted molar refractivity (Wildman–Crippen MR) is 79.3 cm³/mol. The average molecular weight is 310 g/mol. The van der Waals surface area contributed by atoms with Crippen LogP contribution >= 0.6 is 11.6 Å². The summed E-state index contributed by atoms with van der Waals surface area (Å²) in [7, 11) is 0. The van der Waals surface area contributed by atoms with Crippen LogP contribution in [-0.2, 0) is 4.79 Å². The molecule has 0 radical (unpaired) electrons. The van der Waals surface area contributed by atoms with Crippen LogP contribution in [-0.4, -0.2) is 34.6 Å². The minimum absolute atomic E-state index is 0.151. The lowest BCUT2D eigenvalue weighted by atomic mass is 10.2. The first-order chi connectivity index (χ1) is 9.88. The standard InChI is InChI=1S/C14H16ClN3O3/c1-3-18(9(2)6-13(19)20)14(21)17-12-7-11(15)5-4-10(12)8-16/h4-5,7,9H,3,6H2,1-2H3,(H,17,21)(H,19,20). The molecule has 112 valence electrons. The van der Waals surface area contributed by atoms with Crippen LogP contribution in [0.3, 0.4) is 0 Å². The van der Waals surface area contributed by atoms with E-state index < -0.39 is 18.0 Å². The highest BCUT2D eigenvalue weighted by molar-refractivity contribution is 6.31. The number of hydrogen-bond donors (Lipinski definition) is 2. The fourth-order valence-corrected chi connectivity index (χ4v) is 2.09. The lowest BCUT2D eigenvalue weighted by Crippen LogP contribution is -2.42. The zero-order valence-corrected chi connectivity index (χ0v) is 12.5. The Morgan fingerprint density at radius 1 is 1.52 bits per heavy atom. The van der Waals surface area contributed by atoms with Gasteiger partial charge in [0.05, 0.1) is 17.7 Å². The predicted octanol–water partition coefficient (Wildman–Crippen LogP) is 2.93. The summed E-state index contributed by atoms with van der Waals surface area (Å²) in [5.74, 6) is -0.978. The van der Waals surface area contributed by atoms with Gasteiger partial charge >= 0.3 is 12.0 Å². The molecule has 0 aliphatic carbocycles. The van der Waals surface area contributed by atoms with E-state index in [0.29, 0.717) is 17.3 Å². The number of carbonyl (C=O) groups excluding carboxylic acids is 1. The Morgan fingerprint density at radius 2 is 2.19 bits per heavy atom. The number of amides is 2. The van der Waals surface area contributed by atoms with E-state index in [1.807, 2.05) is 6.07 Å². The number of nitriles is 1. The van der Waals surface area contributed by atoms with Crippen LogP contribution in [0.2, 0.25) is 5.02 Å². The molecule has 2 amide bonds. The third kappa shape index (κ3) is 4.65. The van der Waals surface area contributed by atoms with Gasteiger partial charge in [0.1, 0.15) is 6.07 Å². The summed E-state index contributed by atoms with van der Waals surface area (Å²) in [5.41, 5.74) is 0.589. The average Bonchev–Trinajstić information content (AvgIpc) is 2.38. The largest absolute Gasteiger partial charge is 0.481 e. The molecule has 0 saturated heterocycles. The second-order valence-electron chi connectivity index (χ2n) is 4.46. The number of nitrogens with zero attached hydrogens (tertiary/aromatic N) is 2. The topological polar surface area (TPSA) is 93.4 Å². The van der Waals surface area contributed by atoms with Gasteiger partial charge in [-0.3, -0.25) is 4.79 Å². The van der Waals surface area contributed by atoms with Crippen LogP contribution in [0.1, 0.15) is 25.8 Å². The van der Waals surface area contributed by atoms with Crippen molar-refractivity contribution in [1.82, 2.24) is 4.90 Å². The molecule has 1 atom stereocenters. The van der Waals surface area contributed by atoms with E-state index in [0.717, 1.165) is 0 Å². The maximum absolute atomic E-state index is 12.2. The van der Waals surface area contributed by atoms with Gasteiger partial charge in [-0.1, -0.05) is 11.6 Å². The van der Waals surface area contributed by atoms with Crippen molar-refractivity contribution in [1.29, 1.82) is 5.26 Å². The Hall–Kier alpha value is -2.26. The highest BCUT2D eigenvalue weighted by atomic mass is 35.5. The molecule has 0 heterocycles. The Kier molecular flexibility index (Phi) is 6.00. The van der Waals surface area contributed by atoms with Crippen LogP contribution in [0.4, 0.5) is 10.5 Å². The lowest BCUT2D eigenvalue weighted by Gasteiger charge is -2.27. The summed E-state index contributed by atoms with van der Waals surface area (Å²) in [5, 5.41) is 20.8. The minimum atomic E-state index is -0.978. The monoisotopic (exact) mass is 309 g/mol. The Bertz CT molecular complexity index is 583. The van der Waals surface area contributed by atoms with Crippen LogP contribution in [0.15, 0.2) is 18.2 Å². The Labute approximate surface area is 127 Å². The van der Waals surface area contributed by atoms with Crippen LogP contribution in [0.25, 0.3) is 0 Å². The molecule has 21 heavy (non-hydrogen) atoms. The molecule has 1 unspecified atom stereocenters. The number of urea groups is 1. The molecule has 0 aliphatic heterocycles. The first kappa shape index (κ1) is 16.8. The maximum atomic E-state index is 12.2. The van der Waals surface area contributed by atoms with Gasteiger partial charge in [0, 0.05) is 17.6 Å². The van der Waals surface area contributed by atoms with Crippen molar-refractivity contribution in [3.8, 4) is 6.07 Å². The summed E-state index contributed by atoms with van der Waals surface area (Å²) in [4.78, 5) is 24.3. The first-order valence-corrected chi connectivity index (χ1v) is 6.75. The number of benzene rings is 1. The Balaban J connectivity index is 2.91. The van der Waals surface area contributed by atoms with Crippen molar-refractivity contribution in [3.63, 3.8) is 0 Å². The number of hydrogen-bond acceptors (Lipinski definition) is 3. The quantitative estimate of drug-likeness (QED) is 0.874. The smallest absolute Gasteiger partial charge is 0.322 e. The van der Waals surface area contributed by atoms with Crippen molar-refractivity contribution >= 4 is 29.3 Å². The third-order valence-electron chi connectivity index (χ3n) is 2.95. The van der Waals surface area contributed by atoms with E-state index in [1.165, 1.54) is 17.0 Å². The minimum Gasteiger partial charge on any atom is -0.481 e. The maximum Gasteiger partial charge on any atom is 0.322 e. The van der Waals surface area contributed by atoms with Crippen molar-refractivity contribution in [3.05, 3.63) is 28.8 Å². The van der Waals surface area contributed by atoms with E-state index in [1.54, 1.807) is 19.9 Å². The first-order valence-electron chi connectivity index (χ1n) is 6.38. The van der Waals surface area contributed by atoms with Crippen molar-refractivity contribution in [2.75, 3.05) is 11.9 Å². The van der Waals surface area contributed by atoms with Gasteiger partial charge in [-0.05, 0) is 32.0 Å². The van der Waals surface area contributed by atoms with E-state index in [-0.39, 0.29) is 12.0 Å². The molecule has 7 heteroatoms. The summed E-state index contributed by atoms with van der Waals surface area (Å²) < 4.78 is 0. The molecule has 0 spiro atoms. The molecule has 1 rings (SSSR count). The molecule has 0 bridgehead atoms. The summed E-state index contributed by atoms with van der Waals surface area (Å²) in [6, 6.07) is 5.58. The van der Waals surface area contributed by atoms with Gasteiger partial charge in [0.25, 0.3) is 0 Å². The van der Waals surface area contributed by atoms with E-state index >= 15 is 0 Å². The van der Waals surface area contributed by atoms with Crippen LogP contribution < -0.4 is 5.32 Å². The summed E-state index contributed by atoms with van der Waals surface area (Å²) in [6.07, 6.45) is -0.151. The van der Waals surface area contributed by atoms with Gasteiger partial charge in [-0.2, -0.15) is 5.26 Å². The van der Waals surface area contributed by atoms with Gasteiger partial charge < -0.3 is 15.3 Å². The van der Waals surface area contributed by atoms with Gasteiger partial charge in [-0.15, -0.1) is 0 Å². The van der Waals surface area contributed by atoms with Gasteiger partial charge in [-0.25, -0.2) is 4.79 Å². The Morgan fingerprint density at radius 3 is 2.71 bits per heavy atom. The molecular weight excluding hydrogens is 294 g/mol. The molecule has 1 aromatic carbocycles. The number of anilines is 1. The molecule has 0 fully saturated rings. The van der Waals surface area contributed by atoms with Crippen molar-refractivity contribution in [2.24, 2.45) is 0 Å². The number of carboxylic acids is 1. The zero-order chi connectivity index (χ0) is 16.0. The summed E-state index contributed by atoms with van der Waals surface area (Å²) >= 11 is 5.85. The van der Waals surface area contributed by atoms with Crippen molar-refractivity contribution in [2.45, 2.75) is 26.3 Å². The number of halogens is 1. The molecular formula is C14H16ClN3O3. The van der Waals surface area contributed by atoms with Crippen LogP contribution in [0.5, 0.6) is 0 Å². The molecule has 0 saturated carbocycles. The molecule has 0 aromatic heterocycles. The highest BCUT2D eigenvalue weighted by Crippen LogP contribution is 2.21. The molecule has 0 aliphatic rings. The number of aliphatic carboxylic acids is 1. The van der Waals surface area contributed by atoms with Gasteiger partial charge in [0.15, 0.2) is 0 Å². The SMILES string of the molecule is CCN(C(=O)Nc1cc(Cl)ccc1C#N)C(C)CC(=O)O. The van der Waals surface area contributed by atoms with Crippen LogP contribution in [0, 0.1) is 11.3 Å². The molecule has 6 nitrogen and oxygen atoms in total. The number of carbonyl (C=O) groups is 2. The number of carboxylic acid groups (broad SMARTS) is 1. The fraction of sp³-hybridized carbons (Fsp3) is 0.357. The number of nitrogens with one attached hydrogen (secondary N) is 1. The van der Waals surface area contributed by atoms with E-state index in [4.69, 9.17) is 22.0 Å². The zero-order valence-electron chi connectivity index (χ0n) is 11.8.